The molecule has 0 saturated heterocycles. The molecular weight excluding hydrogens is 293 g/mol. The van der Waals surface area contributed by atoms with Crippen molar-refractivity contribution in [3.05, 3.63) is 46.7 Å². The van der Waals surface area contributed by atoms with Gasteiger partial charge in [0.25, 0.3) is 0 Å². The van der Waals surface area contributed by atoms with Gasteiger partial charge in [-0.05, 0) is 23.8 Å². The van der Waals surface area contributed by atoms with Gasteiger partial charge >= 0.3 is 0 Å². The number of halogens is 2. The largest absolute Gasteiger partial charge is 0.242 e. The van der Waals surface area contributed by atoms with E-state index in [1.165, 1.54) is 18.3 Å². The Morgan fingerprint density at radius 2 is 1.72 bits per heavy atom. The third-order valence-electron chi connectivity index (χ3n) is 2.40. The van der Waals surface area contributed by atoms with Gasteiger partial charge < -0.3 is 0 Å². The molecule has 3 nitrogen and oxygen atoms in total. The van der Waals surface area contributed by atoms with Gasteiger partial charge in [-0.1, -0.05) is 35.3 Å². The zero-order chi connectivity index (χ0) is 13.3. The van der Waals surface area contributed by atoms with E-state index in [0.717, 1.165) is 11.8 Å². The summed E-state index contributed by atoms with van der Waals surface area (Å²) in [5.41, 5.74) is 1.44. The minimum absolute atomic E-state index is 0.261. The molecule has 0 spiro atoms. The first kappa shape index (κ1) is 13.3. The maximum absolute atomic E-state index is 11.3. The average molecular weight is 302 g/mol. The maximum atomic E-state index is 11.3. The number of benzene rings is 1. The highest BCUT2D eigenvalue weighted by Gasteiger charge is 2.09. The molecule has 6 heteroatoms. The van der Waals surface area contributed by atoms with E-state index >= 15 is 0 Å². The lowest BCUT2D eigenvalue weighted by Gasteiger charge is -2.05. The van der Waals surface area contributed by atoms with Gasteiger partial charge in [0.1, 0.15) is 5.15 Å². The number of nitrogens with zero attached hydrogens (tertiary/aromatic N) is 1. The molecule has 0 fully saturated rings. The van der Waals surface area contributed by atoms with Gasteiger partial charge in [0.05, 0.1) is 9.92 Å². The van der Waals surface area contributed by atoms with Gasteiger partial charge in [-0.3, -0.25) is 0 Å². The minimum Gasteiger partial charge on any atom is -0.242 e. The first-order valence-corrected chi connectivity index (χ1v) is 7.64. The van der Waals surface area contributed by atoms with Gasteiger partial charge in [-0.2, -0.15) is 0 Å². The van der Waals surface area contributed by atoms with Crippen LogP contribution in [-0.4, -0.2) is 19.7 Å². The molecule has 18 heavy (non-hydrogen) atoms. The van der Waals surface area contributed by atoms with Crippen LogP contribution in [0.15, 0.2) is 41.4 Å². The summed E-state index contributed by atoms with van der Waals surface area (Å²) >= 11 is 11.8. The molecule has 0 saturated carbocycles. The molecule has 1 heterocycles. The van der Waals surface area contributed by atoms with E-state index in [9.17, 15) is 8.42 Å². The second-order valence-electron chi connectivity index (χ2n) is 3.79. The predicted octanol–water partition coefficient (Wildman–Crippen LogP) is 3.46. The van der Waals surface area contributed by atoms with Crippen molar-refractivity contribution in [3.8, 4) is 11.1 Å². The number of aromatic nitrogens is 1. The monoisotopic (exact) mass is 301 g/mol. The van der Waals surface area contributed by atoms with Crippen LogP contribution in [0.1, 0.15) is 0 Å². The van der Waals surface area contributed by atoms with Crippen molar-refractivity contribution >= 4 is 33.0 Å². The van der Waals surface area contributed by atoms with Crippen LogP contribution in [0.2, 0.25) is 10.2 Å². The van der Waals surface area contributed by atoms with Crippen LogP contribution >= 0.6 is 23.2 Å². The van der Waals surface area contributed by atoms with Crippen molar-refractivity contribution < 1.29 is 8.42 Å². The fourth-order valence-corrected chi connectivity index (χ4v) is 2.51. The van der Waals surface area contributed by atoms with Gasteiger partial charge in [-0.25, -0.2) is 13.4 Å². The molecule has 2 rings (SSSR count). The molecule has 1 aromatic carbocycles. The number of rotatable bonds is 2. The third kappa shape index (κ3) is 2.83. The maximum Gasteiger partial charge on any atom is 0.175 e. The number of hydrogen-bond donors (Lipinski definition) is 0. The SMILES string of the molecule is CS(=O)(=O)c1ccc(-c2cc(Cl)cnc2Cl)cc1. The number of hydrogen-bond acceptors (Lipinski definition) is 3. The Kier molecular flexibility index (Phi) is 3.61. The average Bonchev–Trinajstić information content (AvgIpc) is 2.31. The van der Waals surface area contributed by atoms with Crippen molar-refractivity contribution in [1.82, 2.24) is 4.98 Å². The topological polar surface area (TPSA) is 47.0 Å². The summed E-state index contributed by atoms with van der Waals surface area (Å²) in [5.74, 6) is 0. The Labute approximate surface area is 115 Å². The molecule has 1 aromatic heterocycles. The molecule has 2 aromatic rings. The summed E-state index contributed by atoms with van der Waals surface area (Å²) < 4.78 is 22.7. The highest BCUT2D eigenvalue weighted by Crippen LogP contribution is 2.29. The highest BCUT2D eigenvalue weighted by molar-refractivity contribution is 7.90. The van der Waals surface area contributed by atoms with Crippen LogP contribution in [0, 0.1) is 0 Å². The Morgan fingerprint density at radius 3 is 2.28 bits per heavy atom. The van der Waals surface area contributed by atoms with Crippen molar-refractivity contribution in [1.29, 1.82) is 0 Å². The Balaban J connectivity index is 2.50. The lowest BCUT2D eigenvalue weighted by atomic mass is 10.1. The van der Waals surface area contributed by atoms with E-state index in [4.69, 9.17) is 23.2 Å². The molecule has 0 unspecified atom stereocenters. The normalized spacial score (nSPS) is 11.5. The summed E-state index contributed by atoms with van der Waals surface area (Å²) in [6, 6.07) is 8.10. The molecule has 0 amide bonds. The van der Waals surface area contributed by atoms with E-state index in [2.05, 4.69) is 4.98 Å². The summed E-state index contributed by atoms with van der Waals surface area (Å²) in [6.07, 6.45) is 2.62. The lowest BCUT2D eigenvalue weighted by Crippen LogP contribution is -1.96. The van der Waals surface area contributed by atoms with Crippen LogP contribution in [0.3, 0.4) is 0 Å². The molecule has 0 aliphatic heterocycles. The first-order valence-electron chi connectivity index (χ1n) is 4.99. The molecule has 0 radical (unpaired) electrons. The van der Waals surface area contributed by atoms with Gasteiger partial charge in [0, 0.05) is 18.0 Å². The zero-order valence-electron chi connectivity index (χ0n) is 9.39. The molecule has 94 valence electrons. The second kappa shape index (κ2) is 4.88. The van der Waals surface area contributed by atoms with Crippen LogP contribution in [0.5, 0.6) is 0 Å². The summed E-state index contributed by atoms with van der Waals surface area (Å²) in [7, 11) is -3.19. The smallest absolute Gasteiger partial charge is 0.175 e. The number of sulfone groups is 1. The van der Waals surface area contributed by atoms with Crippen LogP contribution in [0.4, 0.5) is 0 Å². The highest BCUT2D eigenvalue weighted by atomic mass is 35.5. The van der Waals surface area contributed by atoms with E-state index in [-0.39, 0.29) is 4.90 Å². The minimum atomic E-state index is -3.19. The van der Waals surface area contributed by atoms with Crippen LogP contribution in [0.25, 0.3) is 11.1 Å². The molecule has 0 bridgehead atoms. The molecular formula is C12H9Cl2NO2S. The third-order valence-corrected chi connectivity index (χ3v) is 4.04. The molecule has 0 aliphatic carbocycles. The van der Waals surface area contributed by atoms with E-state index < -0.39 is 9.84 Å². The van der Waals surface area contributed by atoms with Crippen molar-refractivity contribution in [2.24, 2.45) is 0 Å². The lowest BCUT2D eigenvalue weighted by molar-refractivity contribution is 0.602. The fourth-order valence-electron chi connectivity index (χ4n) is 1.51. The van der Waals surface area contributed by atoms with Crippen molar-refractivity contribution in [2.45, 2.75) is 4.90 Å². The van der Waals surface area contributed by atoms with Crippen LogP contribution < -0.4 is 0 Å². The van der Waals surface area contributed by atoms with Gasteiger partial charge in [-0.15, -0.1) is 0 Å². The van der Waals surface area contributed by atoms with Gasteiger partial charge in [0.2, 0.25) is 0 Å². The Hall–Kier alpha value is -1.10. The Bertz CT molecular complexity index is 682. The molecule has 0 N–H and O–H groups in total. The Morgan fingerprint density at radius 1 is 1.11 bits per heavy atom. The molecule has 0 aliphatic rings. The summed E-state index contributed by atoms with van der Waals surface area (Å²) in [6.45, 7) is 0. The summed E-state index contributed by atoms with van der Waals surface area (Å²) in [4.78, 5) is 4.20. The van der Waals surface area contributed by atoms with Crippen molar-refractivity contribution in [2.75, 3.05) is 6.26 Å². The van der Waals surface area contributed by atoms with Crippen molar-refractivity contribution in [3.63, 3.8) is 0 Å². The summed E-state index contributed by atoms with van der Waals surface area (Å²) in [5, 5.41) is 0.799. The standard InChI is InChI=1S/C12H9Cl2NO2S/c1-18(16,17)10-4-2-8(3-5-10)11-6-9(13)7-15-12(11)14/h2-7H,1H3. The van der Waals surface area contributed by atoms with Gasteiger partial charge in [0.15, 0.2) is 9.84 Å². The second-order valence-corrected chi connectivity index (χ2v) is 6.60. The van der Waals surface area contributed by atoms with Crippen LogP contribution in [-0.2, 0) is 9.84 Å². The van der Waals surface area contributed by atoms with E-state index in [1.807, 2.05) is 0 Å². The van der Waals surface area contributed by atoms with E-state index in [0.29, 0.717) is 15.7 Å². The molecule has 0 atom stereocenters. The fraction of sp³-hybridized carbons (Fsp3) is 0.0833. The van der Waals surface area contributed by atoms with E-state index in [1.54, 1.807) is 18.2 Å². The number of pyridine rings is 1. The quantitative estimate of drug-likeness (QED) is 0.798. The predicted molar refractivity (Wildman–Crippen MR) is 72.8 cm³/mol. The first-order chi connectivity index (χ1) is 8.38. The zero-order valence-corrected chi connectivity index (χ0v) is 11.7.